The van der Waals surface area contributed by atoms with Crippen LogP contribution in [0, 0.1) is 16.7 Å². The lowest BCUT2D eigenvalue weighted by Crippen LogP contribution is -2.82. The fraction of sp³-hybridized carbons (Fsp3) is 0.456. The number of ketones is 1. The Balaban J connectivity index is 1.31. The Morgan fingerprint density at radius 1 is 0.819 bits per heavy atom. The summed E-state index contributed by atoms with van der Waals surface area (Å²) < 4.78 is 33.3. The second kappa shape index (κ2) is 20.8. The monoisotopic (exact) mass is 1020 g/mol. The smallest absolute Gasteiger partial charge is 0.338 e. The van der Waals surface area contributed by atoms with Gasteiger partial charge in [-0.3, -0.25) is 19.2 Å². The van der Waals surface area contributed by atoms with Crippen LogP contribution in [-0.4, -0.2) is 102 Å². The SMILES string of the molecule is CC[Si](CC)(CC)O[C@H]1C[C@H]2OC[C@@]2(OC(C)=O)C2C(OC(=O)c3ccccc3)[C@]3(O)C[C@H](OC(=O)[C@H](Sc4ccccc4)[C@@H](NC(=O)c4ccccc4)c4ccccc4)C(C)=C([C@@H](O)C(=O)[C@@]21C)C3(C)C. The van der Waals surface area contributed by atoms with Crippen molar-refractivity contribution in [1.82, 2.24) is 5.32 Å². The normalized spacial score (nSPS) is 29.4. The summed E-state index contributed by atoms with van der Waals surface area (Å²) in [5, 5.41) is 29.1. The first-order valence-corrected chi connectivity index (χ1v) is 28.5. The quantitative estimate of drug-likeness (QED) is 0.0318. The zero-order valence-electron chi connectivity index (χ0n) is 42.3. The molecule has 382 valence electrons. The molecule has 0 radical (unpaired) electrons. The molecule has 3 N–H and O–H groups in total. The molecule has 4 aromatic rings. The molecule has 72 heavy (non-hydrogen) atoms. The summed E-state index contributed by atoms with van der Waals surface area (Å²) in [7, 11) is -2.59. The van der Waals surface area contributed by atoms with Crippen LogP contribution < -0.4 is 5.32 Å². The van der Waals surface area contributed by atoms with E-state index >= 15 is 9.59 Å². The number of Topliss-reactive ketones (excluding diaryl/α,β-unsaturated/α-hetero) is 1. The second-order valence-corrected chi connectivity index (χ2v) is 26.4. The van der Waals surface area contributed by atoms with E-state index in [0.29, 0.717) is 21.6 Å². The Hall–Kier alpha value is -5.42. The van der Waals surface area contributed by atoms with Crippen LogP contribution in [0.25, 0.3) is 0 Å². The van der Waals surface area contributed by atoms with Crippen LogP contribution in [0.1, 0.15) is 101 Å². The van der Waals surface area contributed by atoms with Crippen molar-refractivity contribution < 1.29 is 57.6 Å². The summed E-state index contributed by atoms with van der Waals surface area (Å²) in [6.45, 7) is 14.0. The summed E-state index contributed by atoms with van der Waals surface area (Å²) in [5.74, 6) is -4.74. The topological polar surface area (TPSA) is 184 Å². The highest BCUT2D eigenvalue weighted by molar-refractivity contribution is 8.00. The molecule has 1 saturated heterocycles. The van der Waals surface area contributed by atoms with Crippen LogP contribution in [-0.2, 0) is 37.8 Å². The fourth-order valence-electron chi connectivity index (χ4n) is 12.1. The summed E-state index contributed by atoms with van der Waals surface area (Å²) in [4.78, 5) is 74.4. The molecule has 2 unspecified atom stereocenters. The predicted molar refractivity (Wildman–Crippen MR) is 274 cm³/mol. The van der Waals surface area contributed by atoms with Crippen molar-refractivity contribution in [2.75, 3.05) is 6.61 Å². The maximum Gasteiger partial charge on any atom is 0.338 e. The lowest BCUT2D eigenvalue weighted by Gasteiger charge is -2.68. The third-order valence-corrected chi connectivity index (χ3v) is 22.4. The number of ether oxygens (including phenoxy) is 4. The van der Waals surface area contributed by atoms with Gasteiger partial charge in [0.15, 0.2) is 19.7 Å². The molecule has 11 atom stereocenters. The van der Waals surface area contributed by atoms with Gasteiger partial charge in [-0.1, -0.05) is 120 Å². The molecule has 15 heteroatoms. The number of carbonyl (C=O) groups excluding carboxylic acids is 5. The number of nitrogens with one attached hydrogen (secondary N) is 1. The van der Waals surface area contributed by atoms with Crippen LogP contribution in [0.3, 0.4) is 0 Å². The number of amides is 1. The number of carbonyl (C=O) groups is 5. The molecule has 0 aromatic heterocycles. The number of rotatable bonds is 16. The zero-order valence-corrected chi connectivity index (χ0v) is 44.1. The highest BCUT2D eigenvalue weighted by Crippen LogP contribution is 2.65. The Morgan fingerprint density at radius 3 is 1.92 bits per heavy atom. The largest absolute Gasteiger partial charge is 0.457 e. The summed E-state index contributed by atoms with van der Waals surface area (Å²) in [6, 6.07) is 36.4. The Kier molecular flexibility index (Phi) is 15.3. The van der Waals surface area contributed by atoms with Crippen molar-refractivity contribution in [3.63, 3.8) is 0 Å². The van der Waals surface area contributed by atoms with Crippen LogP contribution in [0.15, 0.2) is 137 Å². The van der Waals surface area contributed by atoms with E-state index in [9.17, 15) is 24.6 Å². The average Bonchev–Trinajstić information content (AvgIpc) is 3.38. The van der Waals surface area contributed by atoms with Gasteiger partial charge in [0.2, 0.25) is 0 Å². The van der Waals surface area contributed by atoms with Gasteiger partial charge in [-0.15, -0.1) is 11.8 Å². The first kappa shape index (κ1) is 52.9. The number of aliphatic hydroxyl groups excluding tert-OH is 1. The van der Waals surface area contributed by atoms with Gasteiger partial charge >= 0.3 is 17.9 Å². The molecule has 4 aliphatic rings. The average molecular weight is 1020 g/mol. The molecule has 2 bridgehead atoms. The van der Waals surface area contributed by atoms with Gasteiger partial charge in [-0.25, -0.2) is 4.79 Å². The molecule has 1 amide bonds. The molecule has 8 rings (SSSR count). The number of benzene rings is 4. The number of aliphatic hydroxyl groups is 2. The molecular weight excluding hydrogens is 951 g/mol. The van der Waals surface area contributed by atoms with E-state index in [0.717, 1.165) is 18.1 Å². The van der Waals surface area contributed by atoms with Crippen molar-refractivity contribution in [2.45, 2.75) is 144 Å². The van der Waals surface area contributed by atoms with Crippen LogP contribution in [0.4, 0.5) is 0 Å². The number of hydrogen-bond donors (Lipinski definition) is 3. The standard InChI is InChI=1S/C57H67NO12SSi/c1-9-72(10-2,11-3)70-42-32-43-56(34-66-43,69-36(5)59)48-50(68-52(63)39-28-20-14-21-29-39)57(65)33-41(35(4)44(54(57,6)7)46(60)49(61)55(42,48)8)67-53(64)47(71-40-30-22-15-23-31-40)45(37-24-16-12-17-25-37)58-51(62)38-26-18-13-19-27-38/h12-31,41-43,45-48,50,60,65H,9-11,32-34H2,1-8H3,(H,58,62)/t41-,42-,43+,45-,46+,47+,48?,50?,55+,56-,57+/m0/s1. The van der Waals surface area contributed by atoms with Crippen LogP contribution in [0.2, 0.25) is 18.1 Å². The zero-order chi connectivity index (χ0) is 51.8. The Bertz CT molecular complexity index is 2660. The van der Waals surface area contributed by atoms with E-state index in [-0.39, 0.29) is 30.6 Å². The van der Waals surface area contributed by atoms with Gasteiger partial charge in [0.25, 0.3) is 5.91 Å². The fourth-order valence-corrected chi connectivity index (χ4v) is 16.2. The summed E-state index contributed by atoms with van der Waals surface area (Å²) in [5.41, 5.74) is -5.68. The number of esters is 3. The van der Waals surface area contributed by atoms with Gasteiger partial charge in [0.05, 0.1) is 35.6 Å². The lowest BCUT2D eigenvalue weighted by atomic mass is 9.44. The van der Waals surface area contributed by atoms with Crippen LogP contribution in [0.5, 0.6) is 0 Å². The van der Waals surface area contributed by atoms with E-state index in [1.54, 1.807) is 88.4 Å². The van der Waals surface area contributed by atoms with Crippen molar-refractivity contribution in [3.05, 3.63) is 149 Å². The minimum Gasteiger partial charge on any atom is -0.457 e. The van der Waals surface area contributed by atoms with Crippen molar-refractivity contribution >= 4 is 49.7 Å². The molecule has 3 fully saturated rings. The highest BCUT2D eigenvalue weighted by Gasteiger charge is 2.78. The van der Waals surface area contributed by atoms with E-state index in [4.69, 9.17) is 23.4 Å². The van der Waals surface area contributed by atoms with Crippen molar-refractivity contribution in [2.24, 2.45) is 16.7 Å². The molecule has 2 saturated carbocycles. The van der Waals surface area contributed by atoms with Gasteiger partial charge < -0.3 is 38.9 Å². The van der Waals surface area contributed by atoms with Crippen molar-refractivity contribution in [1.29, 1.82) is 0 Å². The number of thioether (sulfide) groups is 1. The minimum absolute atomic E-state index is 0.0981. The Labute approximate surface area is 427 Å². The van der Waals surface area contributed by atoms with E-state index in [1.165, 1.54) is 18.7 Å². The molecule has 13 nitrogen and oxygen atoms in total. The Morgan fingerprint density at radius 2 is 1.38 bits per heavy atom. The van der Waals surface area contributed by atoms with Crippen molar-refractivity contribution in [3.8, 4) is 0 Å². The van der Waals surface area contributed by atoms with E-state index in [2.05, 4.69) is 26.1 Å². The van der Waals surface area contributed by atoms with Crippen LogP contribution >= 0.6 is 11.8 Å². The number of fused-ring (bicyclic) bond motifs is 5. The highest BCUT2D eigenvalue weighted by atomic mass is 32.2. The molecular formula is C57H67NO12SSi. The van der Waals surface area contributed by atoms with Gasteiger partial charge in [-0.05, 0) is 85.1 Å². The molecule has 4 aromatic carbocycles. The summed E-state index contributed by atoms with van der Waals surface area (Å²) in [6.07, 6.45) is -6.95. The third-order valence-electron chi connectivity index (χ3n) is 16.5. The first-order chi connectivity index (χ1) is 34.3. The van der Waals surface area contributed by atoms with Gasteiger partial charge in [-0.2, -0.15) is 0 Å². The maximum atomic E-state index is 16.1. The first-order valence-electron chi connectivity index (χ1n) is 25.0. The van der Waals surface area contributed by atoms with Gasteiger partial charge in [0.1, 0.15) is 35.3 Å². The minimum atomic E-state index is -2.59. The van der Waals surface area contributed by atoms with E-state index < -0.39 is 108 Å². The van der Waals surface area contributed by atoms with E-state index in [1.807, 2.05) is 60.7 Å². The predicted octanol–water partition coefficient (Wildman–Crippen LogP) is 8.99. The maximum absolute atomic E-state index is 16.1. The summed E-state index contributed by atoms with van der Waals surface area (Å²) >= 11 is 1.19. The molecule has 0 spiro atoms. The molecule has 1 aliphatic heterocycles. The lowest BCUT2D eigenvalue weighted by molar-refractivity contribution is -0.344. The van der Waals surface area contributed by atoms with Gasteiger partial charge in [0, 0.05) is 35.6 Å². The molecule has 3 aliphatic carbocycles. The second-order valence-electron chi connectivity index (χ2n) is 20.5. The molecule has 1 heterocycles. The number of hydrogen-bond acceptors (Lipinski definition) is 13. The third kappa shape index (κ3) is 9.29.